The van der Waals surface area contributed by atoms with E-state index in [-0.39, 0.29) is 24.4 Å². The summed E-state index contributed by atoms with van der Waals surface area (Å²) in [6.45, 7) is 0. The van der Waals surface area contributed by atoms with Gasteiger partial charge < -0.3 is 9.84 Å². The van der Waals surface area contributed by atoms with Crippen molar-refractivity contribution in [2.45, 2.75) is 32.1 Å². The predicted octanol–water partition coefficient (Wildman–Crippen LogP) is 1.58. The van der Waals surface area contributed by atoms with Crippen molar-refractivity contribution in [3.8, 4) is 0 Å². The average Bonchev–Trinajstić information content (AvgIpc) is 2.34. The molecule has 5 heteroatoms. The molecule has 1 rings (SSSR count). The number of methoxy groups -OCH3 is 1. The molecule has 0 aromatic rings. The van der Waals surface area contributed by atoms with E-state index >= 15 is 0 Å². The first-order valence-corrected chi connectivity index (χ1v) is 5.58. The number of hydrogen-bond donors (Lipinski definition) is 1. The Morgan fingerprint density at radius 1 is 1.41 bits per heavy atom. The Morgan fingerprint density at radius 3 is 2.71 bits per heavy atom. The predicted molar refractivity (Wildman–Crippen MR) is 63.1 cm³/mol. The maximum atomic E-state index is 11.7. The summed E-state index contributed by atoms with van der Waals surface area (Å²) in [6, 6.07) is 0. The fourth-order valence-corrected chi connectivity index (χ4v) is 1.83. The topological polar surface area (TPSA) is 76.0 Å². The highest BCUT2D eigenvalue weighted by Gasteiger charge is 2.24. The van der Waals surface area contributed by atoms with Crippen LogP contribution in [0.3, 0.4) is 0 Å². The van der Waals surface area contributed by atoms with Gasteiger partial charge in [0.15, 0.2) is 5.78 Å². The van der Waals surface area contributed by atoms with Gasteiger partial charge in [-0.2, -0.15) is 0 Å². The number of hydrogen-bond acceptors (Lipinski definition) is 5. The fraction of sp³-hybridized carbons (Fsp3) is 0.583. The van der Waals surface area contributed by atoms with E-state index in [0.717, 1.165) is 6.42 Å². The number of aliphatic hydroxyl groups is 1. The lowest BCUT2D eigenvalue weighted by atomic mass is 9.89. The van der Waals surface area contributed by atoms with Gasteiger partial charge in [0.2, 0.25) is 0 Å². The van der Waals surface area contributed by atoms with Gasteiger partial charge in [-0.3, -0.25) is 14.6 Å². The van der Waals surface area contributed by atoms with Crippen molar-refractivity contribution in [3.63, 3.8) is 0 Å². The molecule has 94 valence electrons. The second kappa shape index (κ2) is 6.18. The van der Waals surface area contributed by atoms with E-state index in [1.807, 2.05) is 0 Å². The van der Waals surface area contributed by atoms with Crippen LogP contribution in [0.15, 0.2) is 16.3 Å². The van der Waals surface area contributed by atoms with E-state index in [9.17, 15) is 14.7 Å². The van der Waals surface area contributed by atoms with Crippen molar-refractivity contribution in [1.29, 1.82) is 0 Å². The van der Waals surface area contributed by atoms with Crippen molar-refractivity contribution in [3.05, 3.63) is 11.3 Å². The van der Waals surface area contributed by atoms with Gasteiger partial charge in [0, 0.05) is 25.6 Å². The van der Waals surface area contributed by atoms with Crippen LogP contribution in [0.5, 0.6) is 0 Å². The van der Waals surface area contributed by atoms with Crippen LogP contribution in [0.25, 0.3) is 0 Å². The minimum absolute atomic E-state index is 0.0549. The monoisotopic (exact) mass is 239 g/mol. The Kier molecular flexibility index (Phi) is 4.87. The standard InChI is InChI=1S/C12H17NO4/c1-13-8-4-3-5-9(14)12(8)10(15)6-7-11(16)17-2/h15H,3-7H2,1-2H3/b12-10+,13-8?. The largest absolute Gasteiger partial charge is 0.511 e. The molecule has 0 atom stereocenters. The molecule has 5 nitrogen and oxygen atoms in total. The molecule has 0 aromatic heterocycles. The Bertz CT molecular complexity index is 382. The van der Waals surface area contributed by atoms with Crippen molar-refractivity contribution in [2.75, 3.05) is 14.2 Å². The lowest BCUT2D eigenvalue weighted by Crippen LogP contribution is -2.21. The molecule has 0 amide bonds. The zero-order chi connectivity index (χ0) is 12.8. The van der Waals surface area contributed by atoms with Crippen LogP contribution in [0.2, 0.25) is 0 Å². The molecule has 0 radical (unpaired) electrons. The molecule has 0 aromatic carbocycles. The minimum atomic E-state index is -0.407. The average molecular weight is 239 g/mol. The van der Waals surface area contributed by atoms with Crippen LogP contribution in [0.4, 0.5) is 0 Å². The van der Waals surface area contributed by atoms with E-state index in [0.29, 0.717) is 24.1 Å². The van der Waals surface area contributed by atoms with Gasteiger partial charge in [-0.1, -0.05) is 0 Å². The summed E-state index contributed by atoms with van der Waals surface area (Å²) < 4.78 is 4.48. The van der Waals surface area contributed by atoms with E-state index in [2.05, 4.69) is 9.73 Å². The third kappa shape index (κ3) is 3.41. The van der Waals surface area contributed by atoms with Gasteiger partial charge >= 0.3 is 5.97 Å². The summed E-state index contributed by atoms with van der Waals surface area (Å²) in [5, 5.41) is 9.86. The number of aliphatic hydroxyl groups excluding tert-OH is 1. The molecule has 0 bridgehead atoms. The molecule has 17 heavy (non-hydrogen) atoms. The zero-order valence-corrected chi connectivity index (χ0v) is 10.2. The van der Waals surface area contributed by atoms with Gasteiger partial charge in [0.05, 0.1) is 19.1 Å². The molecule has 1 aliphatic carbocycles. The molecule has 1 saturated carbocycles. The molecule has 1 fully saturated rings. The first-order valence-electron chi connectivity index (χ1n) is 5.58. The third-order valence-corrected chi connectivity index (χ3v) is 2.74. The fourth-order valence-electron chi connectivity index (χ4n) is 1.83. The molecular formula is C12H17NO4. The lowest BCUT2D eigenvalue weighted by molar-refractivity contribution is -0.140. The summed E-state index contributed by atoms with van der Waals surface area (Å²) in [6.07, 6.45) is 2.07. The maximum absolute atomic E-state index is 11.7. The molecular weight excluding hydrogens is 222 g/mol. The van der Waals surface area contributed by atoms with Crippen molar-refractivity contribution in [1.82, 2.24) is 0 Å². The number of ether oxygens (including phenoxy) is 1. The molecule has 1 N–H and O–H groups in total. The highest BCUT2D eigenvalue weighted by Crippen LogP contribution is 2.22. The highest BCUT2D eigenvalue weighted by atomic mass is 16.5. The Balaban J connectivity index is 2.83. The normalized spacial score (nSPS) is 21.5. The Morgan fingerprint density at radius 2 is 2.12 bits per heavy atom. The molecule has 1 aliphatic rings. The second-order valence-electron chi connectivity index (χ2n) is 3.84. The number of ketones is 1. The molecule has 0 heterocycles. The SMILES string of the molecule is CN=C1CCCC(=O)/C1=C(/O)CCC(=O)OC. The molecule has 0 spiro atoms. The van der Waals surface area contributed by atoms with Crippen LogP contribution in [0.1, 0.15) is 32.1 Å². The summed E-state index contributed by atoms with van der Waals surface area (Å²) in [5.41, 5.74) is 0.922. The van der Waals surface area contributed by atoms with Gasteiger partial charge in [-0.15, -0.1) is 0 Å². The number of rotatable bonds is 3. The maximum Gasteiger partial charge on any atom is 0.305 e. The smallest absolute Gasteiger partial charge is 0.305 e. The first-order chi connectivity index (χ1) is 8.10. The van der Waals surface area contributed by atoms with Crippen LogP contribution in [-0.2, 0) is 14.3 Å². The number of esters is 1. The number of allylic oxidation sites excluding steroid dienone is 2. The van der Waals surface area contributed by atoms with E-state index in [1.165, 1.54) is 7.11 Å². The number of nitrogens with zero attached hydrogens (tertiary/aromatic N) is 1. The number of carbonyl (C=O) groups is 2. The second-order valence-corrected chi connectivity index (χ2v) is 3.84. The van der Waals surface area contributed by atoms with Crippen molar-refractivity contribution in [2.24, 2.45) is 4.99 Å². The zero-order valence-electron chi connectivity index (χ0n) is 10.2. The minimum Gasteiger partial charge on any atom is -0.511 e. The Labute approximate surface area is 100 Å². The quantitative estimate of drug-likeness (QED) is 0.461. The third-order valence-electron chi connectivity index (χ3n) is 2.74. The lowest BCUT2D eigenvalue weighted by Gasteiger charge is -2.17. The summed E-state index contributed by atoms with van der Waals surface area (Å²) in [7, 11) is 2.89. The van der Waals surface area contributed by atoms with E-state index in [1.54, 1.807) is 7.05 Å². The van der Waals surface area contributed by atoms with Crippen LogP contribution in [0, 0.1) is 0 Å². The van der Waals surface area contributed by atoms with Crippen molar-refractivity contribution >= 4 is 17.5 Å². The number of carbonyl (C=O) groups excluding carboxylic acids is 2. The van der Waals surface area contributed by atoms with Crippen molar-refractivity contribution < 1.29 is 19.4 Å². The van der Waals surface area contributed by atoms with E-state index in [4.69, 9.17) is 0 Å². The van der Waals surface area contributed by atoms with Gasteiger partial charge in [0.25, 0.3) is 0 Å². The van der Waals surface area contributed by atoms with Gasteiger partial charge in [-0.25, -0.2) is 0 Å². The van der Waals surface area contributed by atoms with E-state index < -0.39 is 5.97 Å². The van der Waals surface area contributed by atoms with Crippen LogP contribution >= 0.6 is 0 Å². The summed E-state index contributed by atoms with van der Waals surface area (Å²) >= 11 is 0. The van der Waals surface area contributed by atoms with Crippen LogP contribution in [-0.4, -0.2) is 36.7 Å². The first kappa shape index (κ1) is 13.4. The van der Waals surface area contributed by atoms with Gasteiger partial charge in [-0.05, 0) is 12.8 Å². The summed E-state index contributed by atoms with van der Waals surface area (Å²) in [5.74, 6) is -0.560. The highest BCUT2D eigenvalue weighted by molar-refractivity contribution is 6.24. The van der Waals surface area contributed by atoms with Crippen LogP contribution < -0.4 is 0 Å². The molecule has 0 saturated heterocycles. The summed E-state index contributed by atoms with van der Waals surface area (Å²) in [4.78, 5) is 26.7. The number of aliphatic imine (C=N–C) groups is 1. The van der Waals surface area contributed by atoms with Gasteiger partial charge in [0.1, 0.15) is 5.76 Å². The molecule has 0 aliphatic heterocycles. The Hall–Kier alpha value is -1.65. The number of Topliss-reactive ketones (excluding diaryl/α,β-unsaturated/α-hetero) is 1. The molecule has 0 unspecified atom stereocenters.